The third-order valence-electron chi connectivity index (χ3n) is 3.11. The van der Waals surface area contributed by atoms with Crippen LogP contribution in [-0.2, 0) is 9.53 Å². The van der Waals surface area contributed by atoms with Crippen molar-refractivity contribution in [3.8, 4) is 0 Å². The monoisotopic (exact) mass is 264 g/mol. The summed E-state index contributed by atoms with van der Waals surface area (Å²) in [6.45, 7) is 3.44. The second kappa shape index (κ2) is 9.68. The summed E-state index contributed by atoms with van der Waals surface area (Å²) in [6, 6.07) is 0. The van der Waals surface area contributed by atoms with Gasteiger partial charge in [0.25, 0.3) is 0 Å². The van der Waals surface area contributed by atoms with Crippen LogP contribution in [0.15, 0.2) is 0 Å². The molecule has 102 valence electrons. The van der Waals surface area contributed by atoms with Crippen molar-refractivity contribution in [2.45, 2.75) is 45.1 Å². The Hall–Kier alpha value is -0.320. The molecule has 0 spiro atoms. The lowest BCUT2D eigenvalue weighted by Crippen LogP contribution is -2.35. The van der Waals surface area contributed by atoms with Gasteiger partial charge in [0, 0.05) is 19.0 Å². The van der Waals surface area contributed by atoms with Gasteiger partial charge in [-0.1, -0.05) is 26.2 Å². The van der Waals surface area contributed by atoms with Crippen molar-refractivity contribution in [1.29, 1.82) is 0 Å². The maximum Gasteiger partial charge on any atom is 0.224 e. The Morgan fingerprint density at radius 2 is 2.06 bits per heavy atom. The highest BCUT2D eigenvalue weighted by molar-refractivity contribution is 5.85. The number of nitrogens with one attached hydrogen (secondary N) is 1. The van der Waals surface area contributed by atoms with Crippen LogP contribution in [0.25, 0.3) is 0 Å². The number of carbonyl (C=O) groups is 1. The van der Waals surface area contributed by atoms with Gasteiger partial charge >= 0.3 is 0 Å². The number of rotatable bonds is 6. The van der Waals surface area contributed by atoms with Gasteiger partial charge in [-0.2, -0.15) is 0 Å². The lowest BCUT2D eigenvalue weighted by Gasteiger charge is -2.22. The normalized spacial score (nSPS) is 18.2. The molecule has 1 amide bonds. The summed E-state index contributed by atoms with van der Waals surface area (Å²) in [6.07, 6.45) is 6.66. The number of amides is 1. The van der Waals surface area contributed by atoms with E-state index in [1.807, 2.05) is 6.92 Å². The minimum Gasteiger partial charge on any atom is -0.376 e. The van der Waals surface area contributed by atoms with Gasteiger partial charge in [0.2, 0.25) is 5.91 Å². The summed E-state index contributed by atoms with van der Waals surface area (Å²) in [7, 11) is 0. The average Bonchev–Trinajstić information content (AvgIpc) is 2.34. The lowest BCUT2D eigenvalue weighted by molar-refractivity contribution is -0.124. The molecule has 1 fully saturated rings. The van der Waals surface area contributed by atoms with Gasteiger partial charge < -0.3 is 15.8 Å². The van der Waals surface area contributed by atoms with Crippen LogP contribution >= 0.6 is 12.4 Å². The van der Waals surface area contributed by atoms with E-state index in [1.165, 1.54) is 32.1 Å². The van der Waals surface area contributed by atoms with Crippen LogP contribution in [0.1, 0.15) is 39.0 Å². The molecule has 1 saturated carbocycles. The summed E-state index contributed by atoms with van der Waals surface area (Å²) < 4.78 is 5.70. The standard InChI is InChI=1S/C12H24N2O2.ClH/c1-10(9-13)12(15)14-7-8-16-11-5-3-2-4-6-11;/h10-11H,2-9,13H2,1H3,(H,14,15);1H. The number of hydrogen-bond acceptors (Lipinski definition) is 3. The second-order valence-electron chi connectivity index (χ2n) is 4.56. The number of halogens is 1. The van der Waals surface area contributed by atoms with Crippen molar-refractivity contribution < 1.29 is 9.53 Å². The van der Waals surface area contributed by atoms with Crippen LogP contribution in [-0.4, -0.2) is 31.7 Å². The average molecular weight is 265 g/mol. The number of nitrogens with two attached hydrogens (primary N) is 1. The third kappa shape index (κ3) is 6.86. The zero-order valence-electron chi connectivity index (χ0n) is 10.6. The van der Waals surface area contributed by atoms with E-state index < -0.39 is 0 Å². The molecule has 0 aromatic carbocycles. The molecule has 1 rings (SSSR count). The molecule has 5 heteroatoms. The quantitative estimate of drug-likeness (QED) is 0.714. The van der Waals surface area contributed by atoms with Gasteiger partial charge in [-0.15, -0.1) is 12.4 Å². The first-order valence-electron chi connectivity index (χ1n) is 6.33. The summed E-state index contributed by atoms with van der Waals surface area (Å²) in [5.41, 5.74) is 5.40. The number of carbonyl (C=O) groups excluding carboxylic acids is 1. The first-order valence-corrected chi connectivity index (χ1v) is 6.33. The minimum atomic E-state index is -0.102. The molecule has 1 unspecified atom stereocenters. The van der Waals surface area contributed by atoms with Crippen molar-refractivity contribution in [1.82, 2.24) is 5.32 Å². The highest BCUT2D eigenvalue weighted by Gasteiger charge is 2.14. The molecule has 0 heterocycles. The SMILES string of the molecule is CC(CN)C(=O)NCCOC1CCCCC1.Cl. The summed E-state index contributed by atoms with van der Waals surface area (Å²) in [5, 5.41) is 2.83. The van der Waals surface area contributed by atoms with Gasteiger partial charge in [-0.3, -0.25) is 4.79 Å². The Balaban J connectivity index is 0.00000256. The summed E-state index contributed by atoms with van der Waals surface area (Å²) in [4.78, 5) is 11.4. The van der Waals surface area contributed by atoms with E-state index in [4.69, 9.17) is 10.5 Å². The molecule has 0 aromatic heterocycles. The highest BCUT2D eigenvalue weighted by atomic mass is 35.5. The zero-order valence-corrected chi connectivity index (χ0v) is 11.4. The van der Waals surface area contributed by atoms with E-state index in [0.717, 1.165) is 0 Å². The van der Waals surface area contributed by atoms with Gasteiger partial charge in [0.05, 0.1) is 12.7 Å². The molecule has 3 N–H and O–H groups in total. The first-order chi connectivity index (χ1) is 7.74. The first kappa shape index (κ1) is 16.7. The third-order valence-corrected chi connectivity index (χ3v) is 3.11. The molecule has 1 atom stereocenters. The predicted molar refractivity (Wildman–Crippen MR) is 71.3 cm³/mol. The van der Waals surface area contributed by atoms with Crippen LogP contribution in [0, 0.1) is 5.92 Å². The molecular formula is C12H25ClN2O2. The van der Waals surface area contributed by atoms with E-state index in [-0.39, 0.29) is 24.2 Å². The Kier molecular flexibility index (Phi) is 9.50. The second-order valence-corrected chi connectivity index (χ2v) is 4.56. The zero-order chi connectivity index (χ0) is 11.8. The fourth-order valence-corrected chi connectivity index (χ4v) is 1.91. The Labute approximate surface area is 110 Å². The molecule has 0 saturated heterocycles. The van der Waals surface area contributed by atoms with E-state index in [1.54, 1.807) is 0 Å². The maximum absolute atomic E-state index is 11.4. The highest BCUT2D eigenvalue weighted by Crippen LogP contribution is 2.19. The van der Waals surface area contributed by atoms with Crippen molar-refractivity contribution >= 4 is 18.3 Å². The van der Waals surface area contributed by atoms with Crippen LogP contribution in [0.2, 0.25) is 0 Å². The molecule has 0 aliphatic heterocycles. The van der Waals surface area contributed by atoms with Crippen LogP contribution < -0.4 is 11.1 Å². The fourth-order valence-electron chi connectivity index (χ4n) is 1.91. The lowest BCUT2D eigenvalue weighted by atomic mass is 9.98. The Bertz CT molecular complexity index is 209. The summed E-state index contributed by atoms with van der Waals surface area (Å²) >= 11 is 0. The maximum atomic E-state index is 11.4. The summed E-state index contributed by atoms with van der Waals surface area (Å²) in [5.74, 6) is -0.0792. The Morgan fingerprint density at radius 3 is 2.65 bits per heavy atom. The van der Waals surface area contributed by atoms with Crippen LogP contribution in [0.4, 0.5) is 0 Å². The number of ether oxygens (including phenoxy) is 1. The smallest absolute Gasteiger partial charge is 0.224 e. The molecule has 1 aliphatic rings. The van der Waals surface area contributed by atoms with Gasteiger partial charge in [0.1, 0.15) is 0 Å². The molecule has 4 nitrogen and oxygen atoms in total. The van der Waals surface area contributed by atoms with Crippen molar-refractivity contribution in [2.24, 2.45) is 11.7 Å². The molecule has 1 aliphatic carbocycles. The molecular weight excluding hydrogens is 240 g/mol. The molecule has 17 heavy (non-hydrogen) atoms. The van der Waals surface area contributed by atoms with Crippen molar-refractivity contribution in [2.75, 3.05) is 19.7 Å². The molecule has 0 bridgehead atoms. The van der Waals surface area contributed by atoms with Gasteiger partial charge in [-0.05, 0) is 12.8 Å². The van der Waals surface area contributed by atoms with E-state index in [0.29, 0.717) is 25.8 Å². The van der Waals surface area contributed by atoms with E-state index >= 15 is 0 Å². The van der Waals surface area contributed by atoms with E-state index in [2.05, 4.69) is 5.32 Å². The topological polar surface area (TPSA) is 64.4 Å². The number of hydrogen-bond donors (Lipinski definition) is 2. The van der Waals surface area contributed by atoms with Crippen LogP contribution in [0.5, 0.6) is 0 Å². The minimum absolute atomic E-state index is 0. The van der Waals surface area contributed by atoms with Crippen LogP contribution in [0.3, 0.4) is 0 Å². The largest absolute Gasteiger partial charge is 0.376 e. The van der Waals surface area contributed by atoms with Gasteiger partial charge in [0.15, 0.2) is 0 Å². The van der Waals surface area contributed by atoms with Crippen molar-refractivity contribution in [3.05, 3.63) is 0 Å². The predicted octanol–water partition coefficient (Wildman–Crippen LogP) is 1.47. The van der Waals surface area contributed by atoms with Crippen molar-refractivity contribution in [3.63, 3.8) is 0 Å². The molecule has 0 aromatic rings. The molecule has 0 radical (unpaired) electrons. The van der Waals surface area contributed by atoms with E-state index in [9.17, 15) is 4.79 Å². The fraction of sp³-hybridized carbons (Fsp3) is 0.917. The Morgan fingerprint density at radius 1 is 1.41 bits per heavy atom. The van der Waals surface area contributed by atoms with Gasteiger partial charge in [-0.25, -0.2) is 0 Å².